The summed E-state index contributed by atoms with van der Waals surface area (Å²) in [4.78, 5) is 33.8. The predicted octanol–water partition coefficient (Wildman–Crippen LogP) is 2.83. The molecule has 0 radical (unpaired) electrons. The average Bonchev–Trinajstić information content (AvgIpc) is 3.40. The number of nitrogens with one attached hydrogen (secondary N) is 2. The molecule has 2 aromatic rings. The molecule has 0 atom stereocenters. The number of fused-ring (bicyclic) bond motifs is 1. The van der Waals surface area contributed by atoms with Crippen molar-refractivity contribution in [3.8, 4) is 0 Å². The molecule has 9 nitrogen and oxygen atoms in total. The van der Waals surface area contributed by atoms with Crippen LogP contribution in [-0.4, -0.2) is 83.5 Å². The Morgan fingerprint density at radius 3 is 2.53 bits per heavy atom. The van der Waals surface area contributed by atoms with Crippen molar-refractivity contribution < 1.29 is 4.79 Å². The van der Waals surface area contributed by atoms with E-state index in [0.29, 0.717) is 24.6 Å². The molecule has 3 fully saturated rings. The quantitative estimate of drug-likeness (QED) is 0.637. The molecular weight excluding hydrogens is 452 g/mol. The first kappa shape index (κ1) is 23.4. The molecule has 2 aromatic heterocycles. The third-order valence-corrected chi connectivity index (χ3v) is 8.30. The van der Waals surface area contributed by atoms with Crippen LogP contribution in [0.15, 0.2) is 30.1 Å². The predicted molar refractivity (Wildman–Crippen MR) is 143 cm³/mol. The summed E-state index contributed by atoms with van der Waals surface area (Å²) in [5.41, 5.74) is 3.99. The molecular formula is C27H36N8O. The first-order valence-electron chi connectivity index (χ1n) is 13.3. The van der Waals surface area contributed by atoms with E-state index in [-0.39, 0.29) is 5.78 Å². The Balaban J connectivity index is 1.16. The van der Waals surface area contributed by atoms with Gasteiger partial charge in [-0.05, 0) is 44.4 Å². The number of rotatable bonds is 6. The number of nitrogens with zero attached hydrogens (tertiary/aromatic N) is 6. The second-order valence-corrected chi connectivity index (χ2v) is 10.5. The summed E-state index contributed by atoms with van der Waals surface area (Å²) >= 11 is 0. The number of ketones is 1. The number of piperazine rings is 1. The van der Waals surface area contributed by atoms with Crippen LogP contribution < -0.4 is 20.4 Å². The summed E-state index contributed by atoms with van der Waals surface area (Å²) in [5, 5.41) is 6.73. The molecule has 1 aliphatic carbocycles. The van der Waals surface area contributed by atoms with E-state index in [9.17, 15) is 4.79 Å². The van der Waals surface area contributed by atoms with Crippen molar-refractivity contribution in [2.45, 2.75) is 51.6 Å². The zero-order valence-electron chi connectivity index (χ0n) is 21.3. The first-order valence-corrected chi connectivity index (χ1v) is 13.3. The van der Waals surface area contributed by atoms with Gasteiger partial charge in [0.25, 0.3) is 0 Å². The number of hydrogen-bond donors (Lipinski definition) is 2. The Hall–Kier alpha value is -3.04. The maximum absolute atomic E-state index is 12.3. The minimum absolute atomic E-state index is 0.133. The van der Waals surface area contributed by atoms with Crippen molar-refractivity contribution in [2.24, 2.45) is 0 Å². The van der Waals surface area contributed by atoms with Crippen LogP contribution in [-0.2, 0) is 4.79 Å². The highest BCUT2D eigenvalue weighted by Crippen LogP contribution is 2.38. The Morgan fingerprint density at radius 2 is 1.83 bits per heavy atom. The number of pyridine rings is 1. The highest BCUT2D eigenvalue weighted by atomic mass is 16.1. The SMILES string of the molecule is CC(=O)C1=C(C)c2cnc(Nc3ccc(N4CC(N5CCNCC5)C4)cn3)nc2N(C2CCCC2)C1. The Morgan fingerprint density at radius 1 is 1.06 bits per heavy atom. The molecule has 5 heterocycles. The zero-order chi connectivity index (χ0) is 24.6. The lowest BCUT2D eigenvalue weighted by Crippen LogP contribution is -2.62. The molecule has 2 saturated heterocycles. The van der Waals surface area contributed by atoms with Gasteiger partial charge in [0.05, 0.1) is 11.9 Å². The van der Waals surface area contributed by atoms with E-state index < -0.39 is 0 Å². The van der Waals surface area contributed by atoms with Crippen molar-refractivity contribution in [3.63, 3.8) is 0 Å². The second-order valence-electron chi connectivity index (χ2n) is 10.5. The van der Waals surface area contributed by atoms with Crippen LogP contribution in [0.5, 0.6) is 0 Å². The number of hydrogen-bond acceptors (Lipinski definition) is 9. The number of aromatic nitrogens is 3. The fourth-order valence-corrected chi connectivity index (χ4v) is 6.04. The van der Waals surface area contributed by atoms with Gasteiger partial charge in [-0.2, -0.15) is 4.98 Å². The number of anilines is 4. The number of Topliss-reactive ketones (excluding diaryl/α,β-unsaturated/α-hetero) is 1. The Labute approximate surface area is 213 Å². The third kappa shape index (κ3) is 4.46. The number of allylic oxidation sites excluding steroid dienone is 1. The molecule has 1 saturated carbocycles. The van der Waals surface area contributed by atoms with E-state index in [2.05, 4.69) is 41.4 Å². The largest absolute Gasteiger partial charge is 0.367 e. The summed E-state index contributed by atoms with van der Waals surface area (Å²) < 4.78 is 0. The third-order valence-electron chi connectivity index (χ3n) is 8.30. The topological polar surface area (TPSA) is 89.5 Å². The van der Waals surface area contributed by atoms with Crippen LogP contribution in [0.4, 0.5) is 23.3 Å². The molecule has 0 unspecified atom stereocenters. The molecule has 9 heteroatoms. The molecule has 190 valence electrons. The lowest BCUT2D eigenvalue weighted by Gasteiger charge is -2.47. The first-order chi connectivity index (χ1) is 17.6. The minimum atomic E-state index is 0.133. The molecule has 6 rings (SSSR count). The summed E-state index contributed by atoms with van der Waals surface area (Å²) in [6, 6.07) is 5.20. The average molecular weight is 489 g/mol. The van der Waals surface area contributed by atoms with E-state index in [4.69, 9.17) is 4.98 Å². The van der Waals surface area contributed by atoms with Gasteiger partial charge in [0.2, 0.25) is 5.95 Å². The lowest BCUT2D eigenvalue weighted by molar-refractivity contribution is -0.113. The van der Waals surface area contributed by atoms with Gasteiger partial charge in [-0.15, -0.1) is 0 Å². The van der Waals surface area contributed by atoms with Gasteiger partial charge in [0.1, 0.15) is 11.6 Å². The Bertz CT molecular complexity index is 1140. The summed E-state index contributed by atoms with van der Waals surface area (Å²) in [6.07, 6.45) is 8.54. The maximum atomic E-state index is 12.3. The van der Waals surface area contributed by atoms with Gasteiger partial charge in [0.15, 0.2) is 5.78 Å². The summed E-state index contributed by atoms with van der Waals surface area (Å²) in [7, 11) is 0. The van der Waals surface area contributed by atoms with Crippen molar-refractivity contribution in [3.05, 3.63) is 35.7 Å². The monoisotopic (exact) mass is 488 g/mol. The van der Waals surface area contributed by atoms with Crippen molar-refractivity contribution in [2.75, 3.05) is 60.9 Å². The van der Waals surface area contributed by atoms with E-state index in [1.165, 1.54) is 12.8 Å². The van der Waals surface area contributed by atoms with Gasteiger partial charge in [-0.1, -0.05) is 12.8 Å². The summed E-state index contributed by atoms with van der Waals surface area (Å²) in [5.74, 6) is 2.34. The van der Waals surface area contributed by atoms with Crippen molar-refractivity contribution in [1.82, 2.24) is 25.2 Å². The molecule has 0 spiro atoms. The maximum Gasteiger partial charge on any atom is 0.230 e. The van der Waals surface area contributed by atoms with Crippen LogP contribution in [0.25, 0.3) is 5.57 Å². The molecule has 0 bridgehead atoms. The molecule has 0 aromatic carbocycles. The highest BCUT2D eigenvalue weighted by Gasteiger charge is 2.33. The van der Waals surface area contributed by atoms with E-state index in [1.807, 2.05) is 25.4 Å². The van der Waals surface area contributed by atoms with Crippen molar-refractivity contribution in [1.29, 1.82) is 0 Å². The number of carbonyl (C=O) groups excluding carboxylic acids is 1. The summed E-state index contributed by atoms with van der Waals surface area (Å²) in [6.45, 7) is 10.9. The van der Waals surface area contributed by atoms with Crippen LogP contribution in [0.3, 0.4) is 0 Å². The minimum Gasteiger partial charge on any atom is -0.367 e. The molecule has 0 amide bonds. The van der Waals surface area contributed by atoms with Gasteiger partial charge in [-0.3, -0.25) is 9.69 Å². The van der Waals surface area contributed by atoms with Crippen LogP contribution >= 0.6 is 0 Å². The fourth-order valence-electron chi connectivity index (χ4n) is 6.04. The van der Waals surface area contributed by atoms with Crippen molar-refractivity contribution >= 4 is 34.6 Å². The molecule has 2 N–H and O–H groups in total. The fraction of sp³-hybridized carbons (Fsp3) is 0.556. The van der Waals surface area contributed by atoms with Gasteiger partial charge < -0.3 is 20.4 Å². The molecule has 4 aliphatic rings. The second kappa shape index (κ2) is 9.78. The van der Waals surface area contributed by atoms with Gasteiger partial charge >= 0.3 is 0 Å². The van der Waals surface area contributed by atoms with Crippen LogP contribution in [0.2, 0.25) is 0 Å². The highest BCUT2D eigenvalue weighted by molar-refractivity contribution is 6.04. The van der Waals surface area contributed by atoms with Gasteiger partial charge in [-0.25, -0.2) is 9.97 Å². The standard InChI is InChI=1S/C27H36N8O/c1-18-23-14-30-27(32-26(23)35(17-24(18)19(2)36)20-5-3-4-6-20)31-25-8-7-21(13-29-25)34-15-22(16-34)33-11-9-28-10-12-33/h7-8,13-14,20,22,28H,3-6,9-12,15-17H2,1-2H3,(H,29,30,31,32). The van der Waals surface area contributed by atoms with E-state index in [0.717, 1.165) is 86.1 Å². The van der Waals surface area contributed by atoms with Crippen LogP contribution in [0.1, 0.15) is 45.1 Å². The number of carbonyl (C=O) groups is 1. The normalized spacial score (nSPS) is 21.5. The smallest absolute Gasteiger partial charge is 0.230 e. The van der Waals surface area contributed by atoms with E-state index >= 15 is 0 Å². The molecule has 36 heavy (non-hydrogen) atoms. The van der Waals surface area contributed by atoms with E-state index in [1.54, 1.807) is 6.92 Å². The van der Waals surface area contributed by atoms with Crippen LogP contribution in [0, 0.1) is 0 Å². The van der Waals surface area contributed by atoms with Gasteiger partial charge in [0, 0.05) is 75.2 Å². The Kier molecular flexibility index (Phi) is 6.35. The molecule has 3 aliphatic heterocycles. The zero-order valence-corrected chi connectivity index (χ0v) is 21.3. The lowest BCUT2D eigenvalue weighted by atomic mass is 9.94.